The van der Waals surface area contributed by atoms with Gasteiger partial charge in [-0.15, -0.1) is 0 Å². The molecular weight excluding hydrogens is 260 g/mol. The van der Waals surface area contributed by atoms with E-state index in [2.05, 4.69) is 5.32 Å². The Kier molecular flexibility index (Phi) is 3.20. The first-order valence-corrected chi connectivity index (χ1v) is 8.18. The molecule has 19 heavy (non-hydrogen) atoms. The Morgan fingerprint density at radius 2 is 2.11 bits per heavy atom. The van der Waals surface area contributed by atoms with E-state index in [4.69, 9.17) is 5.73 Å². The predicted molar refractivity (Wildman–Crippen MR) is 75.1 cm³/mol. The van der Waals surface area contributed by atoms with Crippen LogP contribution in [0.4, 0.5) is 0 Å². The number of hydrogen-bond acceptors (Lipinski definition) is 4. The maximum Gasteiger partial charge on any atom is 0.200 e. The average Bonchev–Trinajstić information content (AvgIpc) is 2.59. The molecule has 0 amide bonds. The molecule has 1 heterocycles. The molecule has 1 fully saturated rings. The summed E-state index contributed by atoms with van der Waals surface area (Å²) in [6.07, 6.45) is 3.64. The standard InChI is InChI=1S/C14H18N2O2S/c15-7-10-3-1-6-13-14(10)11(9-19(13,17)18)8-16-12-4-2-5-12/h1,3,6,9,12,16H,2,4-5,7-8,15H2. The van der Waals surface area contributed by atoms with Gasteiger partial charge >= 0.3 is 0 Å². The van der Waals surface area contributed by atoms with E-state index in [0.29, 0.717) is 24.0 Å². The second-order valence-corrected chi connectivity index (χ2v) is 6.96. The Morgan fingerprint density at radius 3 is 2.74 bits per heavy atom. The molecule has 1 aliphatic carbocycles. The van der Waals surface area contributed by atoms with Crippen molar-refractivity contribution in [1.82, 2.24) is 5.32 Å². The monoisotopic (exact) mass is 278 g/mol. The molecule has 0 radical (unpaired) electrons. The van der Waals surface area contributed by atoms with Crippen molar-refractivity contribution in [3.63, 3.8) is 0 Å². The van der Waals surface area contributed by atoms with E-state index in [1.54, 1.807) is 12.1 Å². The van der Waals surface area contributed by atoms with Gasteiger partial charge in [0.1, 0.15) is 0 Å². The minimum Gasteiger partial charge on any atom is -0.326 e. The normalized spacial score (nSPS) is 20.8. The molecule has 102 valence electrons. The predicted octanol–water partition coefficient (Wildman–Crippen LogP) is 1.42. The molecule has 0 unspecified atom stereocenters. The summed E-state index contributed by atoms with van der Waals surface area (Å²) in [5, 5.41) is 4.81. The van der Waals surface area contributed by atoms with Gasteiger partial charge in [-0.3, -0.25) is 0 Å². The van der Waals surface area contributed by atoms with Gasteiger partial charge in [-0.25, -0.2) is 8.42 Å². The Hall–Kier alpha value is -1.17. The number of rotatable bonds is 4. The molecule has 2 aliphatic rings. The minimum absolute atomic E-state index is 0.361. The molecule has 1 saturated carbocycles. The van der Waals surface area contributed by atoms with Crippen LogP contribution in [0.2, 0.25) is 0 Å². The molecule has 0 spiro atoms. The van der Waals surface area contributed by atoms with Crippen LogP contribution < -0.4 is 11.1 Å². The van der Waals surface area contributed by atoms with E-state index < -0.39 is 9.84 Å². The minimum atomic E-state index is -3.28. The topological polar surface area (TPSA) is 72.2 Å². The zero-order valence-electron chi connectivity index (χ0n) is 10.7. The highest BCUT2D eigenvalue weighted by Gasteiger charge is 2.29. The summed E-state index contributed by atoms with van der Waals surface area (Å²) in [7, 11) is -3.28. The van der Waals surface area contributed by atoms with Crippen LogP contribution in [0.5, 0.6) is 0 Å². The highest BCUT2D eigenvalue weighted by molar-refractivity contribution is 7.95. The summed E-state index contributed by atoms with van der Waals surface area (Å²) in [6.45, 7) is 0.966. The SMILES string of the molecule is NCc1cccc2c1C(CNC1CCC1)=CS2(=O)=O. The second kappa shape index (κ2) is 4.74. The van der Waals surface area contributed by atoms with Crippen LogP contribution in [-0.4, -0.2) is 21.0 Å². The lowest BCUT2D eigenvalue weighted by Gasteiger charge is -2.27. The maximum absolute atomic E-state index is 12.1. The highest BCUT2D eigenvalue weighted by atomic mass is 32.2. The van der Waals surface area contributed by atoms with Crippen LogP contribution >= 0.6 is 0 Å². The lowest BCUT2D eigenvalue weighted by molar-refractivity contribution is 0.353. The first-order chi connectivity index (χ1) is 9.12. The number of nitrogens with one attached hydrogen (secondary N) is 1. The Morgan fingerprint density at radius 1 is 1.32 bits per heavy atom. The van der Waals surface area contributed by atoms with Gasteiger partial charge < -0.3 is 11.1 Å². The largest absolute Gasteiger partial charge is 0.326 e. The summed E-state index contributed by atoms with van der Waals surface area (Å²) in [6, 6.07) is 5.86. The van der Waals surface area contributed by atoms with Crippen molar-refractivity contribution in [2.75, 3.05) is 6.54 Å². The van der Waals surface area contributed by atoms with E-state index in [1.165, 1.54) is 24.7 Å². The van der Waals surface area contributed by atoms with Crippen molar-refractivity contribution < 1.29 is 8.42 Å². The van der Waals surface area contributed by atoms with E-state index in [9.17, 15) is 8.42 Å². The number of fused-ring (bicyclic) bond motifs is 1. The van der Waals surface area contributed by atoms with Crippen LogP contribution in [-0.2, 0) is 16.4 Å². The fraction of sp³-hybridized carbons (Fsp3) is 0.429. The number of benzene rings is 1. The summed E-state index contributed by atoms with van der Waals surface area (Å²) < 4.78 is 24.2. The van der Waals surface area contributed by atoms with Gasteiger partial charge in [0.05, 0.1) is 4.90 Å². The lowest BCUT2D eigenvalue weighted by Crippen LogP contribution is -2.36. The summed E-state index contributed by atoms with van der Waals surface area (Å²) >= 11 is 0. The Balaban J connectivity index is 1.94. The number of hydrogen-bond donors (Lipinski definition) is 2. The molecule has 1 aromatic rings. The van der Waals surface area contributed by atoms with Gasteiger partial charge in [0, 0.05) is 30.1 Å². The fourth-order valence-electron chi connectivity index (χ4n) is 2.65. The fourth-order valence-corrected chi connectivity index (χ4v) is 4.17. The van der Waals surface area contributed by atoms with Gasteiger partial charge in [0.25, 0.3) is 0 Å². The van der Waals surface area contributed by atoms with Crippen molar-refractivity contribution in [2.24, 2.45) is 5.73 Å². The number of sulfone groups is 1. The maximum atomic E-state index is 12.1. The molecule has 1 aliphatic heterocycles. The second-order valence-electron chi connectivity index (χ2n) is 5.19. The molecule has 0 aromatic heterocycles. The summed E-state index contributed by atoms with van der Waals surface area (Å²) in [4.78, 5) is 0.404. The summed E-state index contributed by atoms with van der Waals surface area (Å²) in [5.41, 5.74) is 8.29. The molecule has 5 heteroatoms. The summed E-state index contributed by atoms with van der Waals surface area (Å²) in [5.74, 6) is 0. The lowest BCUT2D eigenvalue weighted by atomic mass is 9.92. The van der Waals surface area contributed by atoms with Crippen LogP contribution in [0.1, 0.15) is 30.4 Å². The van der Waals surface area contributed by atoms with Gasteiger partial charge in [0.15, 0.2) is 0 Å². The van der Waals surface area contributed by atoms with E-state index in [0.717, 1.165) is 16.7 Å². The van der Waals surface area contributed by atoms with Crippen molar-refractivity contribution >= 4 is 15.4 Å². The average molecular weight is 278 g/mol. The third-order valence-electron chi connectivity index (χ3n) is 3.94. The number of nitrogens with two attached hydrogens (primary N) is 1. The van der Waals surface area contributed by atoms with Gasteiger partial charge in [-0.05, 0) is 30.0 Å². The Labute approximate surface area is 113 Å². The van der Waals surface area contributed by atoms with E-state index >= 15 is 0 Å². The zero-order chi connectivity index (χ0) is 13.5. The molecular formula is C14H18N2O2S. The quantitative estimate of drug-likeness (QED) is 0.873. The van der Waals surface area contributed by atoms with Crippen LogP contribution in [0.3, 0.4) is 0 Å². The third kappa shape index (κ3) is 2.22. The van der Waals surface area contributed by atoms with Crippen molar-refractivity contribution in [2.45, 2.75) is 36.7 Å². The smallest absolute Gasteiger partial charge is 0.200 e. The molecule has 3 rings (SSSR count). The molecule has 0 bridgehead atoms. The van der Waals surface area contributed by atoms with Crippen molar-refractivity contribution in [1.29, 1.82) is 0 Å². The molecule has 0 saturated heterocycles. The van der Waals surface area contributed by atoms with Crippen LogP contribution in [0.25, 0.3) is 5.57 Å². The highest BCUT2D eigenvalue weighted by Crippen LogP contribution is 2.35. The van der Waals surface area contributed by atoms with Gasteiger partial charge in [-0.1, -0.05) is 18.6 Å². The zero-order valence-corrected chi connectivity index (χ0v) is 11.5. The van der Waals surface area contributed by atoms with Crippen molar-refractivity contribution in [3.8, 4) is 0 Å². The first-order valence-electron chi connectivity index (χ1n) is 6.63. The molecule has 4 nitrogen and oxygen atoms in total. The van der Waals surface area contributed by atoms with Gasteiger partial charge in [-0.2, -0.15) is 0 Å². The molecule has 3 N–H and O–H groups in total. The molecule has 0 atom stereocenters. The molecule has 1 aromatic carbocycles. The van der Waals surface area contributed by atoms with Crippen molar-refractivity contribution in [3.05, 3.63) is 34.7 Å². The van der Waals surface area contributed by atoms with Gasteiger partial charge in [0.2, 0.25) is 9.84 Å². The Bertz CT molecular complexity index is 631. The van der Waals surface area contributed by atoms with Crippen LogP contribution in [0, 0.1) is 0 Å². The van der Waals surface area contributed by atoms with E-state index in [-0.39, 0.29) is 0 Å². The van der Waals surface area contributed by atoms with Crippen LogP contribution in [0.15, 0.2) is 28.5 Å². The third-order valence-corrected chi connectivity index (χ3v) is 5.49. The first kappa shape index (κ1) is 12.8. The van der Waals surface area contributed by atoms with E-state index in [1.807, 2.05) is 6.07 Å².